The number of nitrogens with zero attached hydrogens (tertiary/aromatic N) is 5. The first-order valence-electron chi connectivity index (χ1n) is 8.28. The fourth-order valence-corrected chi connectivity index (χ4v) is 3.15. The number of amides is 1. The average Bonchev–Trinajstić information content (AvgIpc) is 3.04. The van der Waals surface area contributed by atoms with Gasteiger partial charge >= 0.3 is 0 Å². The van der Waals surface area contributed by atoms with Gasteiger partial charge < -0.3 is 4.90 Å². The summed E-state index contributed by atoms with van der Waals surface area (Å²) in [5.41, 5.74) is 2.83. The van der Waals surface area contributed by atoms with Crippen molar-refractivity contribution in [2.45, 2.75) is 45.6 Å². The minimum atomic E-state index is 0.139. The third-order valence-electron chi connectivity index (χ3n) is 4.35. The molecule has 1 aliphatic heterocycles. The number of rotatable bonds is 4. The molecule has 1 saturated heterocycles. The second-order valence-corrected chi connectivity index (χ2v) is 6.07. The highest BCUT2D eigenvalue weighted by Gasteiger charge is 2.24. The van der Waals surface area contributed by atoms with Gasteiger partial charge in [0.05, 0.1) is 17.6 Å². The minimum absolute atomic E-state index is 0.139. The second kappa shape index (κ2) is 6.89. The van der Waals surface area contributed by atoms with E-state index in [1.807, 2.05) is 21.8 Å². The summed E-state index contributed by atoms with van der Waals surface area (Å²) in [6.07, 6.45) is 8.52. The first-order chi connectivity index (χ1) is 11.2. The number of carbonyl (C=O) groups excluding carboxylic acids is 1. The number of piperidine rings is 1. The topological polar surface area (TPSA) is 63.9 Å². The first-order valence-corrected chi connectivity index (χ1v) is 8.28. The predicted molar refractivity (Wildman–Crippen MR) is 87.8 cm³/mol. The lowest BCUT2D eigenvalue weighted by Crippen LogP contribution is -2.37. The largest absolute Gasteiger partial charge is 0.342 e. The molecule has 1 atom stereocenters. The summed E-state index contributed by atoms with van der Waals surface area (Å²) in [6.45, 7) is 6.22. The molecule has 23 heavy (non-hydrogen) atoms. The van der Waals surface area contributed by atoms with Crippen LogP contribution in [0.15, 0.2) is 24.7 Å². The summed E-state index contributed by atoms with van der Waals surface area (Å²) in [5.74, 6) is 0.405. The van der Waals surface area contributed by atoms with Gasteiger partial charge in [0.25, 0.3) is 0 Å². The maximum atomic E-state index is 11.6. The van der Waals surface area contributed by atoms with Crippen molar-refractivity contribution in [3.8, 4) is 11.4 Å². The predicted octanol–water partition coefficient (Wildman–Crippen LogP) is 2.48. The van der Waals surface area contributed by atoms with E-state index in [4.69, 9.17) is 4.98 Å². The van der Waals surface area contributed by atoms with Crippen LogP contribution < -0.4 is 0 Å². The molecule has 6 nitrogen and oxygen atoms in total. The molecule has 0 aromatic carbocycles. The van der Waals surface area contributed by atoms with Crippen LogP contribution in [0, 0.1) is 0 Å². The van der Waals surface area contributed by atoms with Crippen LogP contribution in [0.1, 0.15) is 44.7 Å². The highest BCUT2D eigenvalue weighted by molar-refractivity contribution is 5.73. The molecule has 6 heteroatoms. The molecule has 0 radical (unpaired) electrons. The number of likely N-dealkylation sites (tertiary alicyclic amines) is 1. The summed E-state index contributed by atoms with van der Waals surface area (Å²) in [6, 6.07) is 1.98. The Hall–Kier alpha value is -2.24. The number of hydrogen-bond donors (Lipinski definition) is 0. The molecule has 3 heterocycles. The highest BCUT2D eigenvalue weighted by atomic mass is 16.2. The lowest BCUT2D eigenvalue weighted by molar-refractivity contribution is -0.130. The molecule has 3 rings (SSSR count). The Morgan fingerprint density at radius 1 is 1.39 bits per heavy atom. The number of aromatic nitrogens is 4. The normalized spacial score (nSPS) is 18.2. The zero-order valence-corrected chi connectivity index (χ0v) is 13.8. The van der Waals surface area contributed by atoms with Crippen LogP contribution in [-0.2, 0) is 11.3 Å². The molecule has 0 saturated carbocycles. The van der Waals surface area contributed by atoms with E-state index in [9.17, 15) is 4.79 Å². The number of hydrogen-bond acceptors (Lipinski definition) is 4. The highest BCUT2D eigenvalue weighted by Crippen LogP contribution is 2.27. The summed E-state index contributed by atoms with van der Waals surface area (Å²) in [5, 5.41) is 4.36. The fourth-order valence-electron chi connectivity index (χ4n) is 3.15. The quantitative estimate of drug-likeness (QED) is 0.870. The van der Waals surface area contributed by atoms with E-state index in [0.717, 1.165) is 56.0 Å². The zero-order valence-electron chi connectivity index (χ0n) is 13.8. The minimum Gasteiger partial charge on any atom is -0.342 e. The van der Waals surface area contributed by atoms with Crippen molar-refractivity contribution in [2.24, 2.45) is 0 Å². The Morgan fingerprint density at radius 3 is 3.04 bits per heavy atom. The smallest absolute Gasteiger partial charge is 0.219 e. The maximum Gasteiger partial charge on any atom is 0.219 e. The van der Waals surface area contributed by atoms with Crippen LogP contribution in [0.5, 0.6) is 0 Å². The number of aryl methyl sites for hydroxylation is 1. The van der Waals surface area contributed by atoms with Gasteiger partial charge in [-0.15, -0.1) is 0 Å². The third-order valence-corrected chi connectivity index (χ3v) is 4.35. The van der Waals surface area contributed by atoms with E-state index in [-0.39, 0.29) is 11.8 Å². The van der Waals surface area contributed by atoms with Crippen molar-refractivity contribution in [1.82, 2.24) is 24.6 Å². The monoisotopic (exact) mass is 313 g/mol. The fraction of sp³-hybridized carbons (Fsp3) is 0.529. The molecule has 1 fully saturated rings. The van der Waals surface area contributed by atoms with Gasteiger partial charge in [0.1, 0.15) is 5.69 Å². The van der Waals surface area contributed by atoms with Gasteiger partial charge in [-0.1, -0.05) is 6.92 Å². The molecular formula is C17H23N5O. The zero-order chi connectivity index (χ0) is 16.2. The van der Waals surface area contributed by atoms with Crippen LogP contribution in [0.25, 0.3) is 11.4 Å². The summed E-state index contributed by atoms with van der Waals surface area (Å²) in [7, 11) is 0. The lowest BCUT2D eigenvalue weighted by Gasteiger charge is -2.31. The first kappa shape index (κ1) is 15.6. The standard InChI is InChI=1S/C17H23N5O/c1-3-8-22-17(6-7-19-22)16-11-18-10-15(20-16)14-5-4-9-21(12-14)13(2)23/h6-7,10-11,14H,3-5,8-9,12H2,1-2H3/t14-/m0/s1. The molecule has 2 aromatic rings. The molecule has 0 spiro atoms. The van der Waals surface area contributed by atoms with Crippen molar-refractivity contribution in [3.05, 3.63) is 30.4 Å². The molecular weight excluding hydrogens is 290 g/mol. The Kier molecular flexibility index (Phi) is 4.69. The Balaban J connectivity index is 1.85. The van der Waals surface area contributed by atoms with Crippen LogP contribution in [0.3, 0.4) is 0 Å². The van der Waals surface area contributed by atoms with Crippen LogP contribution in [-0.4, -0.2) is 43.6 Å². The molecule has 122 valence electrons. The summed E-state index contributed by atoms with van der Waals surface area (Å²) >= 11 is 0. The number of carbonyl (C=O) groups is 1. The average molecular weight is 313 g/mol. The van der Waals surface area contributed by atoms with Gasteiger partial charge in [-0.05, 0) is 25.3 Å². The van der Waals surface area contributed by atoms with Crippen molar-refractivity contribution < 1.29 is 4.79 Å². The van der Waals surface area contributed by atoms with E-state index in [1.54, 1.807) is 19.3 Å². The summed E-state index contributed by atoms with van der Waals surface area (Å²) < 4.78 is 1.97. The SMILES string of the molecule is CCCn1nccc1-c1cncc([C@H]2CCCN(C(C)=O)C2)n1. The van der Waals surface area contributed by atoms with Gasteiger partial charge in [0.2, 0.25) is 5.91 Å². The van der Waals surface area contributed by atoms with Gasteiger partial charge in [-0.3, -0.25) is 14.5 Å². The summed E-state index contributed by atoms with van der Waals surface area (Å²) in [4.78, 5) is 22.7. The van der Waals surface area contributed by atoms with Crippen LogP contribution in [0.4, 0.5) is 0 Å². The molecule has 1 aliphatic rings. The van der Waals surface area contributed by atoms with Gasteiger partial charge in [-0.25, -0.2) is 4.98 Å². The Bertz CT molecular complexity index is 681. The van der Waals surface area contributed by atoms with Crippen molar-refractivity contribution in [1.29, 1.82) is 0 Å². The van der Waals surface area contributed by atoms with Crippen molar-refractivity contribution >= 4 is 5.91 Å². The van der Waals surface area contributed by atoms with E-state index >= 15 is 0 Å². The molecule has 0 unspecified atom stereocenters. The van der Waals surface area contributed by atoms with Crippen LogP contribution >= 0.6 is 0 Å². The Labute approximate surface area is 136 Å². The molecule has 0 N–H and O–H groups in total. The van der Waals surface area contributed by atoms with Crippen LogP contribution in [0.2, 0.25) is 0 Å². The molecule has 0 aliphatic carbocycles. The lowest BCUT2D eigenvalue weighted by atomic mass is 9.95. The van der Waals surface area contributed by atoms with E-state index in [2.05, 4.69) is 17.0 Å². The van der Waals surface area contributed by atoms with Gasteiger partial charge in [0, 0.05) is 44.9 Å². The second-order valence-electron chi connectivity index (χ2n) is 6.07. The van der Waals surface area contributed by atoms with Crippen molar-refractivity contribution in [3.63, 3.8) is 0 Å². The molecule has 1 amide bonds. The molecule has 0 bridgehead atoms. The van der Waals surface area contributed by atoms with E-state index in [0.29, 0.717) is 0 Å². The van der Waals surface area contributed by atoms with E-state index in [1.165, 1.54) is 0 Å². The van der Waals surface area contributed by atoms with Gasteiger partial charge in [-0.2, -0.15) is 5.10 Å². The van der Waals surface area contributed by atoms with Gasteiger partial charge in [0.15, 0.2) is 0 Å². The Morgan fingerprint density at radius 2 is 2.26 bits per heavy atom. The third kappa shape index (κ3) is 3.41. The molecule has 2 aromatic heterocycles. The van der Waals surface area contributed by atoms with E-state index < -0.39 is 0 Å². The maximum absolute atomic E-state index is 11.6. The van der Waals surface area contributed by atoms with Crippen molar-refractivity contribution in [2.75, 3.05) is 13.1 Å².